The smallest absolute Gasteiger partial charge is 0.293 e. The third-order valence-electron chi connectivity index (χ3n) is 3.27. The van der Waals surface area contributed by atoms with Crippen LogP contribution < -0.4 is 0 Å². The van der Waals surface area contributed by atoms with Crippen LogP contribution in [0.25, 0.3) is 0 Å². The van der Waals surface area contributed by atoms with E-state index in [1.165, 1.54) is 6.07 Å². The SMILES string of the molecule is CC(C)(C)OC=O.Fc1cc(Br)ccc1C12CN1CCO2. The van der Waals surface area contributed by atoms with Gasteiger partial charge in [0.05, 0.1) is 6.61 Å². The fourth-order valence-corrected chi connectivity index (χ4v) is 2.56. The Morgan fingerprint density at radius 3 is 2.57 bits per heavy atom. The van der Waals surface area contributed by atoms with Crippen LogP contribution in [-0.4, -0.2) is 36.7 Å². The number of carbonyl (C=O) groups excluding carboxylic acids is 1. The van der Waals surface area contributed by atoms with Crippen molar-refractivity contribution in [1.29, 1.82) is 0 Å². The molecule has 6 heteroatoms. The van der Waals surface area contributed by atoms with Gasteiger partial charge in [-0.15, -0.1) is 0 Å². The molecular formula is C15H19BrFNO3. The van der Waals surface area contributed by atoms with Crippen LogP contribution in [0.5, 0.6) is 0 Å². The van der Waals surface area contributed by atoms with Crippen molar-refractivity contribution in [3.05, 3.63) is 34.1 Å². The third-order valence-corrected chi connectivity index (χ3v) is 3.76. The van der Waals surface area contributed by atoms with Crippen LogP contribution in [0.15, 0.2) is 22.7 Å². The molecular weight excluding hydrogens is 341 g/mol. The Morgan fingerprint density at radius 1 is 1.48 bits per heavy atom. The average molecular weight is 360 g/mol. The maximum Gasteiger partial charge on any atom is 0.293 e. The van der Waals surface area contributed by atoms with Crippen molar-refractivity contribution in [3.8, 4) is 0 Å². The van der Waals surface area contributed by atoms with Crippen molar-refractivity contribution in [3.63, 3.8) is 0 Å². The van der Waals surface area contributed by atoms with Gasteiger partial charge in [0.2, 0.25) is 0 Å². The topological polar surface area (TPSA) is 38.5 Å². The Balaban J connectivity index is 0.000000199. The van der Waals surface area contributed by atoms with Crippen LogP contribution in [-0.2, 0) is 20.0 Å². The van der Waals surface area contributed by atoms with E-state index in [-0.39, 0.29) is 11.4 Å². The molecule has 4 nitrogen and oxygen atoms in total. The predicted octanol–water partition coefficient (Wildman–Crippen LogP) is 3.04. The minimum absolute atomic E-state index is 0.191. The molecule has 2 atom stereocenters. The molecule has 0 N–H and O–H groups in total. The lowest BCUT2D eigenvalue weighted by Crippen LogP contribution is -2.17. The molecule has 0 saturated carbocycles. The first-order chi connectivity index (χ1) is 9.78. The standard InChI is InChI=1S/C10H9BrFNO.C5H10O2/c11-7-1-2-8(9(12)5-7)10-6-13(10)3-4-14-10;1-5(2,3)7-4-6/h1-2,5H,3-4,6H2;4H,1-3H3. The van der Waals surface area contributed by atoms with Gasteiger partial charge in [-0.25, -0.2) is 4.39 Å². The number of fused-ring (bicyclic) bond motifs is 1. The van der Waals surface area contributed by atoms with E-state index in [1.807, 2.05) is 26.8 Å². The summed E-state index contributed by atoms with van der Waals surface area (Å²) >= 11 is 3.24. The number of morpholine rings is 1. The Labute approximate surface area is 132 Å². The molecule has 2 unspecified atom stereocenters. The molecule has 3 rings (SSSR count). The normalized spacial score (nSPS) is 26.4. The van der Waals surface area contributed by atoms with Crippen molar-refractivity contribution in [2.75, 3.05) is 19.7 Å². The van der Waals surface area contributed by atoms with Gasteiger partial charge in [0, 0.05) is 23.1 Å². The van der Waals surface area contributed by atoms with E-state index in [0.29, 0.717) is 18.6 Å². The van der Waals surface area contributed by atoms with Crippen LogP contribution in [0, 0.1) is 5.82 Å². The summed E-state index contributed by atoms with van der Waals surface area (Å²) in [5.41, 5.74) is -0.0785. The van der Waals surface area contributed by atoms with E-state index in [9.17, 15) is 9.18 Å². The van der Waals surface area contributed by atoms with Gasteiger partial charge in [0.25, 0.3) is 6.47 Å². The van der Waals surface area contributed by atoms with Crippen LogP contribution in [0.1, 0.15) is 26.3 Å². The molecule has 1 aromatic rings. The largest absolute Gasteiger partial charge is 0.462 e. The van der Waals surface area contributed by atoms with E-state index in [4.69, 9.17) is 4.74 Å². The van der Waals surface area contributed by atoms with Crippen LogP contribution in [0.2, 0.25) is 0 Å². The van der Waals surface area contributed by atoms with Gasteiger partial charge < -0.3 is 9.47 Å². The molecule has 2 heterocycles. The van der Waals surface area contributed by atoms with Crippen LogP contribution in [0.4, 0.5) is 4.39 Å². The van der Waals surface area contributed by atoms with Crippen molar-refractivity contribution < 1.29 is 18.7 Å². The Hall–Kier alpha value is -0.980. The zero-order chi connectivity index (χ0) is 15.7. The monoisotopic (exact) mass is 359 g/mol. The number of halogens is 2. The fraction of sp³-hybridized carbons (Fsp3) is 0.533. The summed E-state index contributed by atoms with van der Waals surface area (Å²) in [7, 11) is 0. The van der Waals surface area contributed by atoms with E-state index in [2.05, 4.69) is 25.6 Å². The predicted molar refractivity (Wildman–Crippen MR) is 80.2 cm³/mol. The number of nitrogens with zero attached hydrogens (tertiary/aromatic N) is 1. The quantitative estimate of drug-likeness (QED) is 0.600. The molecule has 2 saturated heterocycles. The Morgan fingerprint density at radius 2 is 2.19 bits per heavy atom. The molecule has 0 radical (unpaired) electrons. The van der Waals surface area contributed by atoms with E-state index in [0.717, 1.165) is 17.6 Å². The number of ether oxygens (including phenoxy) is 2. The number of hydrogen-bond donors (Lipinski definition) is 0. The summed E-state index contributed by atoms with van der Waals surface area (Å²) < 4.78 is 24.5. The molecule has 1 aromatic carbocycles. The molecule has 0 aliphatic carbocycles. The molecule has 116 valence electrons. The molecule has 0 bridgehead atoms. The lowest BCUT2D eigenvalue weighted by molar-refractivity contribution is -0.138. The highest BCUT2D eigenvalue weighted by molar-refractivity contribution is 9.10. The summed E-state index contributed by atoms with van der Waals surface area (Å²) in [5.74, 6) is -0.191. The first-order valence-electron chi connectivity index (χ1n) is 6.74. The second kappa shape index (κ2) is 6.02. The van der Waals surface area contributed by atoms with Gasteiger partial charge in [-0.05, 0) is 32.9 Å². The van der Waals surface area contributed by atoms with Crippen molar-refractivity contribution in [2.45, 2.75) is 32.1 Å². The third kappa shape index (κ3) is 3.81. The summed E-state index contributed by atoms with van der Waals surface area (Å²) in [6, 6.07) is 5.14. The summed E-state index contributed by atoms with van der Waals surface area (Å²) in [5, 5.41) is 0. The second-order valence-corrected chi connectivity index (χ2v) is 6.92. The van der Waals surface area contributed by atoms with Crippen molar-refractivity contribution in [2.24, 2.45) is 0 Å². The summed E-state index contributed by atoms with van der Waals surface area (Å²) in [4.78, 5) is 11.7. The maximum atomic E-state index is 13.6. The Kier molecular flexibility index (Phi) is 4.70. The van der Waals surface area contributed by atoms with E-state index < -0.39 is 5.72 Å². The first kappa shape index (κ1) is 16.4. The molecule has 2 aliphatic rings. The lowest BCUT2D eigenvalue weighted by Gasteiger charge is -2.14. The minimum Gasteiger partial charge on any atom is -0.462 e. The molecule has 0 aromatic heterocycles. The highest BCUT2D eigenvalue weighted by atomic mass is 79.9. The van der Waals surface area contributed by atoms with Gasteiger partial charge in [0.15, 0.2) is 5.72 Å². The summed E-state index contributed by atoms with van der Waals surface area (Å²) in [6.07, 6.45) is 0. The highest BCUT2D eigenvalue weighted by Gasteiger charge is 2.59. The van der Waals surface area contributed by atoms with E-state index in [1.54, 1.807) is 6.07 Å². The van der Waals surface area contributed by atoms with Crippen molar-refractivity contribution in [1.82, 2.24) is 4.90 Å². The van der Waals surface area contributed by atoms with Crippen LogP contribution >= 0.6 is 15.9 Å². The van der Waals surface area contributed by atoms with Gasteiger partial charge >= 0.3 is 0 Å². The molecule has 21 heavy (non-hydrogen) atoms. The molecule has 2 aliphatic heterocycles. The fourth-order valence-electron chi connectivity index (χ4n) is 2.23. The first-order valence-corrected chi connectivity index (χ1v) is 7.54. The highest BCUT2D eigenvalue weighted by Crippen LogP contribution is 2.48. The number of rotatable bonds is 2. The molecule has 0 spiro atoms. The maximum absolute atomic E-state index is 13.6. The number of benzene rings is 1. The van der Waals surface area contributed by atoms with Crippen LogP contribution in [0.3, 0.4) is 0 Å². The minimum atomic E-state index is -0.426. The average Bonchev–Trinajstić information content (AvgIpc) is 2.90. The lowest BCUT2D eigenvalue weighted by atomic mass is 10.1. The summed E-state index contributed by atoms with van der Waals surface area (Å²) in [6.45, 7) is 8.36. The second-order valence-electron chi connectivity index (χ2n) is 6.01. The zero-order valence-electron chi connectivity index (χ0n) is 12.4. The molecule has 2 fully saturated rings. The Bertz CT molecular complexity index is 532. The van der Waals surface area contributed by atoms with Gasteiger partial charge in [-0.3, -0.25) is 9.69 Å². The number of carbonyl (C=O) groups is 1. The molecule has 0 amide bonds. The van der Waals surface area contributed by atoms with E-state index >= 15 is 0 Å². The number of hydrogen-bond acceptors (Lipinski definition) is 4. The zero-order valence-corrected chi connectivity index (χ0v) is 13.9. The van der Waals surface area contributed by atoms with Gasteiger partial charge in [-0.1, -0.05) is 22.0 Å². The van der Waals surface area contributed by atoms with Crippen molar-refractivity contribution >= 4 is 22.4 Å². The van der Waals surface area contributed by atoms with Gasteiger partial charge in [-0.2, -0.15) is 0 Å². The van der Waals surface area contributed by atoms with Gasteiger partial charge in [0.1, 0.15) is 11.4 Å².